The highest BCUT2D eigenvalue weighted by molar-refractivity contribution is 5.91. The van der Waals surface area contributed by atoms with E-state index in [-0.39, 0.29) is 0 Å². The molecule has 0 saturated heterocycles. The first kappa shape index (κ1) is 16.8. The predicted octanol–water partition coefficient (Wildman–Crippen LogP) is 4.98. The Labute approximate surface area is 161 Å². The van der Waals surface area contributed by atoms with E-state index in [4.69, 9.17) is 4.98 Å². The molecule has 2 aliphatic rings. The number of hydrogen-bond acceptors (Lipinski definition) is 2. The molecule has 3 heteroatoms. The third kappa shape index (κ3) is 2.81. The highest BCUT2D eigenvalue weighted by Crippen LogP contribution is 2.35. The molecule has 3 heterocycles. The van der Waals surface area contributed by atoms with Crippen LogP contribution in [0.25, 0.3) is 22.7 Å². The van der Waals surface area contributed by atoms with E-state index in [1.807, 2.05) is 0 Å². The summed E-state index contributed by atoms with van der Waals surface area (Å²) in [5.41, 5.74) is 10.9. The summed E-state index contributed by atoms with van der Waals surface area (Å²) in [5, 5.41) is 1.42. The molecule has 0 saturated carbocycles. The zero-order chi connectivity index (χ0) is 18.5. The van der Waals surface area contributed by atoms with Crippen LogP contribution >= 0.6 is 0 Å². The smallest absolute Gasteiger partial charge is 0.0529 e. The first-order chi connectivity index (χ1) is 13.1. The number of pyridine rings is 1. The van der Waals surface area contributed by atoms with E-state index in [0.717, 1.165) is 38.0 Å². The molecule has 0 unspecified atom stereocenters. The molecule has 27 heavy (non-hydrogen) atoms. The lowest BCUT2D eigenvalue weighted by Crippen LogP contribution is -2.26. The molecule has 0 bridgehead atoms. The normalized spacial score (nSPS) is 18.7. The van der Waals surface area contributed by atoms with Gasteiger partial charge in [0.05, 0.1) is 5.52 Å². The molecule has 2 aromatic heterocycles. The number of aromatic nitrogens is 2. The maximum absolute atomic E-state index is 4.81. The first-order valence-electron chi connectivity index (χ1n) is 10.1. The minimum absolute atomic E-state index is 1.04. The Hall–Kier alpha value is -2.39. The van der Waals surface area contributed by atoms with Crippen LogP contribution < -0.4 is 0 Å². The van der Waals surface area contributed by atoms with E-state index in [1.165, 1.54) is 51.0 Å². The molecule has 0 fully saturated rings. The standard InChI is InChI=1S/C24H27N3/c1-16-7-10-23-20(13-16)21-15-26(3)12-11-24(21)27(23)14-18-5-4-6-22-19(18)9-8-17(2)25-22/h7-10,13-14H,4-6,11-12,15H2,1-3H3. The Morgan fingerprint density at radius 1 is 1.04 bits per heavy atom. The van der Waals surface area contributed by atoms with Gasteiger partial charge in [-0.2, -0.15) is 0 Å². The van der Waals surface area contributed by atoms with Crippen molar-refractivity contribution in [2.75, 3.05) is 13.6 Å². The maximum Gasteiger partial charge on any atom is 0.0529 e. The molecule has 0 radical (unpaired) electrons. The van der Waals surface area contributed by atoms with Gasteiger partial charge in [-0.25, -0.2) is 0 Å². The largest absolute Gasteiger partial charge is 0.320 e. The third-order valence-electron chi connectivity index (χ3n) is 6.14. The summed E-state index contributed by atoms with van der Waals surface area (Å²) >= 11 is 0. The van der Waals surface area contributed by atoms with Crippen LogP contribution in [-0.2, 0) is 19.4 Å². The number of allylic oxidation sites excluding steroid dienone is 1. The van der Waals surface area contributed by atoms with E-state index in [9.17, 15) is 0 Å². The van der Waals surface area contributed by atoms with Gasteiger partial charge in [0.1, 0.15) is 0 Å². The minimum Gasteiger partial charge on any atom is -0.320 e. The number of fused-ring (bicyclic) bond motifs is 4. The highest BCUT2D eigenvalue weighted by Gasteiger charge is 2.23. The SMILES string of the molecule is Cc1ccc2c(c1)c1c(n2C=C2CCCc3nc(C)ccc32)CCN(C)C1. The summed E-state index contributed by atoms with van der Waals surface area (Å²) in [5.74, 6) is 0. The molecule has 0 amide bonds. The molecular weight excluding hydrogens is 330 g/mol. The van der Waals surface area contributed by atoms with Crippen LogP contribution in [-0.4, -0.2) is 28.0 Å². The van der Waals surface area contributed by atoms with Crippen LogP contribution in [0.4, 0.5) is 0 Å². The molecule has 0 spiro atoms. The van der Waals surface area contributed by atoms with Crippen LogP contribution in [0.5, 0.6) is 0 Å². The number of benzene rings is 1. The van der Waals surface area contributed by atoms with Crippen molar-refractivity contribution in [3.63, 3.8) is 0 Å². The van der Waals surface area contributed by atoms with Crippen LogP contribution in [0.15, 0.2) is 30.3 Å². The van der Waals surface area contributed by atoms with Crippen LogP contribution in [0.1, 0.15) is 46.6 Å². The Kier molecular flexibility index (Phi) is 3.94. The zero-order valence-corrected chi connectivity index (χ0v) is 16.5. The van der Waals surface area contributed by atoms with Crippen molar-refractivity contribution in [2.24, 2.45) is 0 Å². The van der Waals surface area contributed by atoms with Gasteiger partial charge in [-0.15, -0.1) is 0 Å². The molecule has 1 aliphatic heterocycles. The fourth-order valence-electron chi connectivity index (χ4n) is 4.75. The number of nitrogens with zero attached hydrogens (tertiary/aromatic N) is 3. The fraction of sp³-hybridized carbons (Fsp3) is 0.375. The lowest BCUT2D eigenvalue weighted by atomic mass is 9.91. The second kappa shape index (κ2) is 6.35. The molecule has 3 nitrogen and oxygen atoms in total. The quantitative estimate of drug-likeness (QED) is 0.613. The minimum atomic E-state index is 1.04. The number of hydrogen-bond donors (Lipinski definition) is 0. The molecule has 3 aromatic rings. The molecule has 1 aromatic carbocycles. The summed E-state index contributed by atoms with van der Waals surface area (Å²) in [6, 6.07) is 11.3. The van der Waals surface area contributed by atoms with Gasteiger partial charge in [0, 0.05) is 53.7 Å². The molecule has 1 aliphatic carbocycles. The Balaban J connectivity index is 1.72. The van der Waals surface area contributed by atoms with Gasteiger partial charge in [0.15, 0.2) is 0 Å². The van der Waals surface area contributed by atoms with Gasteiger partial charge in [-0.05, 0) is 69.5 Å². The summed E-state index contributed by atoms with van der Waals surface area (Å²) in [6.45, 7) is 6.46. The van der Waals surface area contributed by atoms with E-state index in [1.54, 1.807) is 0 Å². The molecule has 0 atom stereocenters. The Morgan fingerprint density at radius 2 is 1.93 bits per heavy atom. The lowest BCUT2D eigenvalue weighted by molar-refractivity contribution is 0.312. The second-order valence-corrected chi connectivity index (χ2v) is 8.26. The van der Waals surface area contributed by atoms with Crippen molar-refractivity contribution in [2.45, 2.75) is 46.1 Å². The van der Waals surface area contributed by atoms with Crippen molar-refractivity contribution in [1.82, 2.24) is 14.5 Å². The van der Waals surface area contributed by atoms with E-state index in [2.05, 4.69) is 66.9 Å². The van der Waals surface area contributed by atoms with Crippen molar-refractivity contribution in [1.29, 1.82) is 0 Å². The summed E-state index contributed by atoms with van der Waals surface area (Å²) in [6.07, 6.45) is 6.96. The van der Waals surface area contributed by atoms with Crippen LogP contribution in [0.2, 0.25) is 0 Å². The summed E-state index contributed by atoms with van der Waals surface area (Å²) < 4.78 is 2.49. The van der Waals surface area contributed by atoms with E-state index >= 15 is 0 Å². The average Bonchev–Trinajstić information content (AvgIpc) is 2.94. The van der Waals surface area contributed by atoms with Crippen LogP contribution in [0, 0.1) is 13.8 Å². The first-order valence-corrected chi connectivity index (χ1v) is 10.1. The Bertz CT molecular complexity index is 1070. The van der Waals surface area contributed by atoms with Crippen molar-refractivity contribution in [3.8, 4) is 0 Å². The monoisotopic (exact) mass is 357 g/mol. The zero-order valence-electron chi connectivity index (χ0n) is 16.5. The second-order valence-electron chi connectivity index (χ2n) is 8.26. The average molecular weight is 358 g/mol. The van der Waals surface area contributed by atoms with Crippen molar-refractivity contribution < 1.29 is 0 Å². The van der Waals surface area contributed by atoms with Crippen molar-refractivity contribution in [3.05, 3.63) is 64.1 Å². The van der Waals surface area contributed by atoms with Crippen molar-refractivity contribution >= 4 is 22.7 Å². The van der Waals surface area contributed by atoms with Gasteiger partial charge >= 0.3 is 0 Å². The van der Waals surface area contributed by atoms with E-state index in [0.29, 0.717) is 0 Å². The van der Waals surface area contributed by atoms with Gasteiger partial charge in [-0.1, -0.05) is 17.7 Å². The summed E-state index contributed by atoms with van der Waals surface area (Å²) in [7, 11) is 2.23. The maximum atomic E-state index is 4.81. The lowest BCUT2D eigenvalue weighted by Gasteiger charge is -2.24. The topological polar surface area (TPSA) is 21.1 Å². The molecule has 5 rings (SSSR count). The van der Waals surface area contributed by atoms with Crippen LogP contribution in [0.3, 0.4) is 0 Å². The predicted molar refractivity (Wildman–Crippen MR) is 113 cm³/mol. The molecule has 0 N–H and O–H groups in total. The molecular formula is C24H27N3. The molecule has 138 valence electrons. The van der Waals surface area contributed by atoms with Gasteiger partial charge in [0.2, 0.25) is 0 Å². The number of rotatable bonds is 1. The number of aryl methyl sites for hydroxylation is 3. The number of likely N-dealkylation sites (N-methyl/N-ethyl adjacent to an activating group) is 1. The van der Waals surface area contributed by atoms with Gasteiger partial charge in [0.25, 0.3) is 0 Å². The third-order valence-corrected chi connectivity index (χ3v) is 6.14. The highest BCUT2D eigenvalue weighted by atomic mass is 15.1. The fourth-order valence-corrected chi connectivity index (χ4v) is 4.75. The van der Waals surface area contributed by atoms with Gasteiger partial charge in [-0.3, -0.25) is 4.98 Å². The summed E-state index contributed by atoms with van der Waals surface area (Å²) in [4.78, 5) is 7.24. The Morgan fingerprint density at radius 3 is 2.81 bits per heavy atom. The van der Waals surface area contributed by atoms with Gasteiger partial charge < -0.3 is 9.47 Å². The van der Waals surface area contributed by atoms with E-state index < -0.39 is 0 Å².